The second-order valence-corrected chi connectivity index (χ2v) is 4.71. The normalized spacial score (nSPS) is 27.0. The lowest BCUT2D eigenvalue weighted by atomic mass is 9.86. The third-order valence-electron chi connectivity index (χ3n) is 3.30. The van der Waals surface area contributed by atoms with Crippen molar-refractivity contribution in [2.45, 2.75) is 57.6 Å². The summed E-state index contributed by atoms with van der Waals surface area (Å²) in [5.74, 6) is 1.69. The molecule has 5 heteroatoms. The van der Waals surface area contributed by atoms with Gasteiger partial charge in [0.2, 0.25) is 5.89 Å². The van der Waals surface area contributed by atoms with Crippen LogP contribution >= 0.6 is 0 Å². The maximum absolute atomic E-state index is 5.96. The molecule has 1 heterocycles. The quantitative estimate of drug-likeness (QED) is 0.871. The highest BCUT2D eigenvalue weighted by Crippen LogP contribution is 2.31. The van der Waals surface area contributed by atoms with Crippen LogP contribution in [0, 0.1) is 0 Å². The van der Waals surface area contributed by atoms with Gasteiger partial charge in [0.25, 0.3) is 0 Å². The Bertz CT molecular complexity index is 353. The summed E-state index contributed by atoms with van der Waals surface area (Å²) >= 11 is 0. The Morgan fingerprint density at radius 1 is 1.53 bits per heavy atom. The van der Waals surface area contributed by atoms with E-state index in [4.69, 9.17) is 15.0 Å². The predicted molar refractivity (Wildman–Crippen MR) is 63.5 cm³/mol. The number of rotatable bonds is 4. The number of hydrogen-bond donors (Lipinski definition) is 1. The van der Waals surface area contributed by atoms with Crippen molar-refractivity contribution in [3.63, 3.8) is 0 Å². The van der Waals surface area contributed by atoms with Crippen LogP contribution in [0.3, 0.4) is 0 Å². The van der Waals surface area contributed by atoms with Crippen LogP contribution in [0.1, 0.15) is 63.3 Å². The molecule has 1 aliphatic rings. The summed E-state index contributed by atoms with van der Waals surface area (Å²) in [6, 6.07) is 0.272. The van der Waals surface area contributed by atoms with Crippen molar-refractivity contribution in [1.82, 2.24) is 10.1 Å². The lowest BCUT2D eigenvalue weighted by molar-refractivity contribution is 0.0683. The van der Waals surface area contributed by atoms with Crippen LogP contribution in [-0.4, -0.2) is 22.8 Å². The van der Waals surface area contributed by atoms with E-state index in [9.17, 15) is 0 Å². The summed E-state index contributed by atoms with van der Waals surface area (Å²) in [4.78, 5) is 4.43. The summed E-state index contributed by atoms with van der Waals surface area (Å²) in [6.07, 6.45) is 4.19. The number of aromatic nitrogens is 2. The minimum absolute atomic E-state index is 0.102. The van der Waals surface area contributed by atoms with Crippen molar-refractivity contribution < 1.29 is 9.26 Å². The number of nitrogens with two attached hydrogens (primary N) is 1. The molecule has 0 spiro atoms. The topological polar surface area (TPSA) is 74.2 Å². The van der Waals surface area contributed by atoms with Crippen LogP contribution in [0.5, 0.6) is 0 Å². The van der Waals surface area contributed by atoms with Gasteiger partial charge in [-0.3, -0.25) is 0 Å². The van der Waals surface area contributed by atoms with Crippen LogP contribution in [0.15, 0.2) is 4.52 Å². The van der Waals surface area contributed by atoms with Gasteiger partial charge in [0.15, 0.2) is 5.82 Å². The Labute approximate surface area is 102 Å². The van der Waals surface area contributed by atoms with Crippen molar-refractivity contribution in [2.75, 3.05) is 6.61 Å². The standard InChI is InChI=1S/C12H21N3O2/c1-3-16-8(2)11-14-12(17-15-11)9-5-4-6-10(13)7-9/h8-10H,3-7,13H2,1-2H3. The average molecular weight is 239 g/mol. The number of ether oxygens (including phenoxy) is 1. The van der Waals surface area contributed by atoms with Crippen molar-refractivity contribution in [3.05, 3.63) is 11.7 Å². The van der Waals surface area contributed by atoms with Crippen LogP contribution in [0.25, 0.3) is 0 Å². The molecule has 96 valence electrons. The first-order valence-electron chi connectivity index (χ1n) is 6.41. The molecule has 5 nitrogen and oxygen atoms in total. The van der Waals surface area contributed by atoms with Gasteiger partial charge >= 0.3 is 0 Å². The van der Waals surface area contributed by atoms with Crippen molar-refractivity contribution >= 4 is 0 Å². The van der Waals surface area contributed by atoms with E-state index in [2.05, 4.69) is 10.1 Å². The van der Waals surface area contributed by atoms with Gasteiger partial charge in [-0.15, -0.1) is 0 Å². The van der Waals surface area contributed by atoms with E-state index >= 15 is 0 Å². The minimum Gasteiger partial charge on any atom is -0.371 e. The lowest BCUT2D eigenvalue weighted by Crippen LogP contribution is -2.27. The van der Waals surface area contributed by atoms with Gasteiger partial charge in [0, 0.05) is 18.6 Å². The third kappa shape index (κ3) is 3.04. The summed E-state index contributed by atoms with van der Waals surface area (Å²) < 4.78 is 10.8. The second kappa shape index (κ2) is 5.60. The highest BCUT2D eigenvalue weighted by Gasteiger charge is 2.26. The second-order valence-electron chi connectivity index (χ2n) is 4.71. The van der Waals surface area contributed by atoms with Gasteiger partial charge in [-0.2, -0.15) is 4.98 Å². The largest absolute Gasteiger partial charge is 0.371 e. The first-order valence-corrected chi connectivity index (χ1v) is 6.41. The van der Waals surface area contributed by atoms with E-state index in [1.165, 1.54) is 0 Å². The zero-order valence-corrected chi connectivity index (χ0v) is 10.6. The smallest absolute Gasteiger partial charge is 0.229 e. The van der Waals surface area contributed by atoms with Crippen molar-refractivity contribution in [1.29, 1.82) is 0 Å². The van der Waals surface area contributed by atoms with Gasteiger partial charge < -0.3 is 15.0 Å². The van der Waals surface area contributed by atoms with Gasteiger partial charge in [-0.25, -0.2) is 0 Å². The average Bonchev–Trinajstić information content (AvgIpc) is 2.78. The van der Waals surface area contributed by atoms with Gasteiger partial charge in [-0.1, -0.05) is 11.6 Å². The SMILES string of the molecule is CCOC(C)c1noc(C2CCCC(N)C2)n1. The molecule has 0 radical (unpaired) electrons. The molecule has 1 saturated carbocycles. The highest BCUT2D eigenvalue weighted by atomic mass is 16.5. The monoisotopic (exact) mass is 239 g/mol. The summed E-state index contributed by atoms with van der Waals surface area (Å²) in [5.41, 5.74) is 5.96. The molecule has 0 aliphatic heterocycles. The molecule has 2 N–H and O–H groups in total. The molecular weight excluding hydrogens is 218 g/mol. The fourth-order valence-electron chi connectivity index (χ4n) is 2.35. The molecule has 0 bridgehead atoms. The predicted octanol–water partition coefficient (Wildman–Crippen LogP) is 2.15. The zero-order valence-electron chi connectivity index (χ0n) is 10.6. The molecule has 1 aromatic rings. The van der Waals surface area contributed by atoms with Crippen molar-refractivity contribution in [2.24, 2.45) is 5.73 Å². The van der Waals surface area contributed by atoms with E-state index in [0.717, 1.165) is 31.6 Å². The molecule has 3 unspecified atom stereocenters. The molecule has 0 amide bonds. The molecule has 1 aromatic heterocycles. The minimum atomic E-state index is -0.102. The zero-order chi connectivity index (χ0) is 12.3. The van der Waals surface area contributed by atoms with Crippen LogP contribution in [0.2, 0.25) is 0 Å². The van der Waals surface area contributed by atoms with Crippen LogP contribution < -0.4 is 5.73 Å². The summed E-state index contributed by atoms with van der Waals surface area (Å²) in [7, 11) is 0. The fraction of sp³-hybridized carbons (Fsp3) is 0.833. The molecule has 2 rings (SSSR count). The number of hydrogen-bond acceptors (Lipinski definition) is 5. The van der Waals surface area contributed by atoms with E-state index in [1.54, 1.807) is 0 Å². The highest BCUT2D eigenvalue weighted by molar-refractivity contribution is 4.98. The Morgan fingerprint density at radius 3 is 3.06 bits per heavy atom. The van der Waals surface area contributed by atoms with Crippen LogP contribution in [-0.2, 0) is 4.74 Å². The molecular formula is C12H21N3O2. The maximum Gasteiger partial charge on any atom is 0.229 e. The summed E-state index contributed by atoms with van der Waals surface area (Å²) in [6.45, 7) is 4.54. The van der Waals surface area contributed by atoms with E-state index in [0.29, 0.717) is 18.3 Å². The Kier molecular flexibility index (Phi) is 4.12. The van der Waals surface area contributed by atoms with E-state index in [1.807, 2.05) is 13.8 Å². The molecule has 1 aliphatic carbocycles. The number of nitrogens with zero attached hydrogens (tertiary/aromatic N) is 2. The third-order valence-corrected chi connectivity index (χ3v) is 3.30. The first-order chi connectivity index (χ1) is 8.20. The van der Waals surface area contributed by atoms with E-state index < -0.39 is 0 Å². The Balaban J connectivity index is 2.02. The Hall–Kier alpha value is -0.940. The van der Waals surface area contributed by atoms with Crippen molar-refractivity contribution in [3.8, 4) is 0 Å². The van der Waals surface area contributed by atoms with Gasteiger partial charge in [-0.05, 0) is 33.1 Å². The van der Waals surface area contributed by atoms with E-state index in [-0.39, 0.29) is 12.1 Å². The Morgan fingerprint density at radius 2 is 2.35 bits per heavy atom. The maximum atomic E-state index is 5.96. The summed E-state index contributed by atoms with van der Waals surface area (Å²) in [5, 5.41) is 3.98. The molecule has 1 fully saturated rings. The fourth-order valence-corrected chi connectivity index (χ4v) is 2.35. The molecule has 3 atom stereocenters. The molecule has 0 aromatic carbocycles. The van der Waals surface area contributed by atoms with Gasteiger partial charge in [0.1, 0.15) is 6.10 Å². The van der Waals surface area contributed by atoms with Gasteiger partial charge in [0.05, 0.1) is 0 Å². The molecule has 17 heavy (non-hydrogen) atoms. The molecule has 0 saturated heterocycles. The lowest BCUT2D eigenvalue weighted by Gasteiger charge is -2.23. The van der Waals surface area contributed by atoms with Crippen LogP contribution in [0.4, 0.5) is 0 Å². The first kappa shape index (κ1) is 12.5.